The van der Waals surface area contributed by atoms with E-state index >= 15 is 0 Å². The first-order valence-corrected chi connectivity index (χ1v) is 43.4. The van der Waals surface area contributed by atoms with Gasteiger partial charge in [-0.25, -0.2) is 9.13 Å². The first-order chi connectivity index (χ1) is 51.7. The van der Waals surface area contributed by atoms with Crippen LogP contribution in [-0.2, 0) is 65.4 Å². The van der Waals surface area contributed by atoms with Crippen molar-refractivity contribution in [3.63, 3.8) is 0 Å². The van der Waals surface area contributed by atoms with Gasteiger partial charge in [-0.3, -0.25) is 37.3 Å². The van der Waals surface area contributed by atoms with E-state index in [2.05, 4.69) is 155 Å². The number of hydrogen-bond acceptors (Lipinski definition) is 15. The van der Waals surface area contributed by atoms with E-state index in [1.807, 2.05) is 42.5 Å². The second kappa shape index (κ2) is 77.6. The Morgan fingerprint density at radius 2 is 0.519 bits per heavy atom. The number of phosphoric acid groups is 2. The average molecular weight is 1520 g/mol. The molecule has 0 aliphatic heterocycles. The smallest absolute Gasteiger partial charge is 0.462 e. The second-order valence-corrected chi connectivity index (χ2v) is 29.2. The zero-order valence-corrected chi connectivity index (χ0v) is 67.6. The molecule has 0 radical (unpaired) electrons. The Hall–Kier alpha value is -5.58. The number of esters is 4. The van der Waals surface area contributed by atoms with E-state index < -0.39 is 97.5 Å². The van der Waals surface area contributed by atoms with E-state index in [0.717, 1.165) is 109 Å². The number of ether oxygens (including phenoxy) is 4. The van der Waals surface area contributed by atoms with Crippen molar-refractivity contribution >= 4 is 39.5 Å². The highest BCUT2D eigenvalue weighted by molar-refractivity contribution is 7.47. The molecule has 3 N–H and O–H groups in total. The van der Waals surface area contributed by atoms with Gasteiger partial charge < -0.3 is 33.8 Å². The Morgan fingerprint density at radius 1 is 0.274 bits per heavy atom. The lowest BCUT2D eigenvalue weighted by atomic mass is 10.0. The summed E-state index contributed by atoms with van der Waals surface area (Å²) >= 11 is 0. The van der Waals surface area contributed by atoms with Gasteiger partial charge in [0.1, 0.15) is 19.3 Å². The number of allylic oxidation sites excluding steroid dienone is 28. The number of rotatable bonds is 74. The fourth-order valence-corrected chi connectivity index (χ4v) is 11.6. The van der Waals surface area contributed by atoms with Crippen LogP contribution in [-0.4, -0.2) is 96.7 Å². The molecule has 5 atom stereocenters. The first-order valence-electron chi connectivity index (χ1n) is 40.4. The van der Waals surface area contributed by atoms with Crippen LogP contribution in [0.15, 0.2) is 170 Å². The zero-order chi connectivity index (χ0) is 77.4. The van der Waals surface area contributed by atoms with Crippen molar-refractivity contribution in [3.05, 3.63) is 170 Å². The van der Waals surface area contributed by atoms with Gasteiger partial charge in [0.15, 0.2) is 12.2 Å². The Balaban J connectivity index is 5.53. The van der Waals surface area contributed by atoms with E-state index in [4.69, 9.17) is 37.0 Å². The van der Waals surface area contributed by atoms with Gasteiger partial charge in [-0.1, -0.05) is 301 Å². The molecule has 0 aromatic carbocycles. The van der Waals surface area contributed by atoms with Crippen LogP contribution < -0.4 is 0 Å². The second-order valence-electron chi connectivity index (χ2n) is 26.3. The molecule has 0 aliphatic carbocycles. The third-order valence-corrected chi connectivity index (χ3v) is 18.1. The summed E-state index contributed by atoms with van der Waals surface area (Å²) in [4.78, 5) is 73.0. The van der Waals surface area contributed by atoms with E-state index in [-0.39, 0.29) is 25.7 Å². The molecule has 0 aliphatic rings. The molecule has 17 nitrogen and oxygen atoms in total. The van der Waals surface area contributed by atoms with Crippen LogP contribution in [0.25, 0.3) is 0 Å². The van der Waals surface area contributed by atoms with Crippen LogP contribution in [0.4, 0.5) is 0 Å². The van der Waals surface area contributed by atoms with Gasteiger partial charge in [-0.15, -0.1) is 0 Å². The van der Waals surface area contributed by atoms with E-state index in [1.54, 1.807) is 0 Å². The van der Waals surface area contributed by atoms with Crippen LogP contribution in [0, 0.1) is 0 Å². The molecule has 0 saturated carbocycles. The van der Waals surface area contributed by atoms with Gasteiger partial charge in [0.2, 0.25) is 0 Å². The molecule has 0 rings (SSSR count). The van der Waals surface area contributed by atoms with Crippen molar-refractivity contribution in [1.82, 2.24) is 0 Å². The monoisotopic (exact) mass is 1520 g/mol. The molecular weight excluding hydrogens is 1380 g/mol. The summed E-state index contributed by atoms with van der Waals surface area (Å²) in [7, 11) is -10.0. The molecule has 19 heteroatoms. The van der Waals surface area contributed by atoms with Gasteiger partial charge in [0.25, 0.3) is 0 Å². The Bertz CT molecular complexity index is 2680. The number of hydrogen-bond donors (Lipinski definition) is 3. The average Bonchev–Trinajstić information content (AvgIpc) is 0.907. The first kappa shape index (κ1) is 100. The number of carbonyl (C=O) groups excluding carboxylic acids is 4. The fourth-order valence-electron chi connectivity index (χ4n) is 10.1. The molecule has 106 heavy (non-hydrogen) atoms. The fraction of sp³-hybridized carbons (Fsp3) is 0.632. The highest BCUT2D eigenvalue weighted by Gasteiger charge is 2.30. The van der Waals surface area contributed by atoms with Crippen LogP contribution >= 0.6 is 15.6 Å². The summed E-state index contributed by atoms with van der Waals surface area (Å²) < 4.78 is 68.4. The van der Waals surface area contributed by atoms with Gasteiger partial charge in [0.05, 0.1) is 26.4 Å². The minimum absolute atomic E-state index is 0.00384. The highest BCUT2D eigenvalue weighted by Crippen LogP contribution is 2.45. The van der Waals surface area contributed by atoms with Crippen molar-refractivity contribution in [3.8, 4) is 0 Å². The minimum atomic E-state index is -5.02. The van der Waals surface area contributed by atoms with Crippen LogP contribution in [0.2, 0.25) is 0 Å². The van der Waals surface area contributed by atoms with Crippen LogP contribution in [0.1, 0.15) is 297 Å². The molecule has 0 saturated heterocycles. The molecule has 0 amide bonds. The molecule has 0 heterocycles. The predicted molar refractivity (Wildman–Crippen MR) is 436 cm³/mol. The lowest BCUT2D eigenvalue weighted by molar-refractivity contribution is -0.161. The van der Waals surface area contributed by atoms with E-state index in [9.17, 15) is 43.2 Å². The third kappa shape index (κ3) is 76.6. The molecule has 2 unspecified atom stereocenters. The van der Waals surface area contributed by atoms with Gasteiger partial charge in [-0.2, -0.15) is 0 Å². The topological polar surface area (TPSA) is 237 Å². The summed E-state index contributed by atoms with van der Waals surface area (Å²) in [6.45, 7) is 4.48. The lowest BCUT2D eigenvalue weighted by Crippen LogP contribution is -2.30. The molecular formula is C87H142O17P2. The molecule has 0 fully saturated rings. The third-order valence-electron chi connectivity index (χ3n) is 16.2. The summed E-state index contributed by atoms with van der Waals surface area (Å²) in [6.07, 6.45) is 92.2. The number of unbranched alkanes of at least 4 members (excludes halogenated alkanes) is 20. The summed E-state index contributed by atoms with van der Waals surface area (Å²) in [5.74, 6) is -2.41. The normalized spacial score (nSPS) is 14.7. The van der Waals surface area contributed by atoms with Gasteiger partial charge in [0, 0.05) is 25.7 Å². The highest BCUT2D eigenvalue weighted by atomic mass is 31.2. The van der Waals surface area contributed by atoms with Gasteiger partial charge in [-0.05, 0) is 141 Å². The zero-order valence-electron chi connectivity index (χ0n) is 65.8. The number of phosphoric ester groups is 2. The SMILES string of the molecule is CC/C=C\C/C=C\C/C=C\C/C=C\C/C=C\C/C=C\CCC(=O)OC[C@H](COP(=O)(O)OC[C@@H](O)COP(=O)(O)OC[C@@H](COC(=O)CCC/C=C\C/C=C\C/C=C\C/C=C\CCCCC)OC(=O)CCCCCCCCCCCCCCC)OC(=O)CCC/C=C\C/C=C\C/C=C\C/C=C\CCCCC. The van der Waals surface area contributed by atoms with Crippen molar-refractivity contribution in [2.75, 3.05) is 39.6 Å². The summed E-state index contributed by atoms with van der Waals surface area (Å²) in [5, 5.41) is 10.6. The van der Waals surface area contributed by atoms with Crippen molar-refractivity contribution in [2.24, 2.45) is 0 Å². The number of carbonyl (C=O) groups is 4. The largest absolute Gasteiger partial charge is 0.472 e. The maximum absolute atomic E-state index is 13.1. The molecule has 0 aromatic rings. The molecule has 0 bridgehead atoms. The van der Waals surface area contributed by atoms with Crippen LogP contribution in [0.3, 0.4) is 0 Å². The number of aliphatic hydroxyl groups excluding tert-OH is 1. The van der Waals surface area contributed by atoms with Crippen molar-refractivity contribution < 1.29 is 80.2 Å². The lowest BCUT2D eigenvalue weighted by Gasteiger charge is -2.21. The molecule has 0 aromatic heterocycles. The minimum Gasteiger partial charge on any atom is -0.462 e. The predicted octanol–water partition coefficient (Wildman–Crippen LogP) is 23.8. The van der Waals surface area contributed by atoms with E-state index in [0.29, 0.717) is 44.9 Å². The Kier molecular flexibility index (Phi) is 73.5. The Labute approximate surface area is 642 Å². The molecule has 0 spiro atoms. The quantitative estimate of drug-likeness (QED) is 0.0169. The standard InChI is InChI=1S/C87H142O17P2/c1-5-9-13-17-21-25-29-33-36-39-40-43-45-49-52-56-60-64-68-72-85(90)98-78-83(104-87(92)74-70-66-62-58-54-50-46-42-38-35-31-27-23-19-15-11-7-3)80-102-106(95,96)100-76-81(88)75-99-105(93,94)101-79-82(103-86(91)73-69-65-61-57-53-47-32-28-24-20-16-12-8-4)77-97-84(89)71-67-63-59-55-51-48-44-41-37-34-30-26-22-18-14-10-6-2/h9,13,21-23,25-27,33-38,40,43-44,46,48-50,52,55,58-60,62,64,81-83,88H,5-8,10-12,14-20,24,28-32,39,41-42,45,47,51,53-54,56-57,61,63,65-80H2,1-4H3,(H,93,94)(H,95,96)/b13-9-,25-21-,26-22-,27-23-,36-33-,37-34-,38-35-,43-40-,48-44-,50-46-,52-49-,59-55-,62-58-,64-60-/t81-,82+,83+/m0/s1. The van der Waals surface area contributed by atoms with Crippen molar-refractivity contribution in [2.45, 2.75) is 316 Å². The summed E-state index contributed by atoms with van der Waals surface area (Å²) in [5.41, 5.74) is 0. The molecule has 602 valence electrons. The maximum atomic E-state index is 13.1. The number of aliphatic hydroxyl groups is 1. The van der Waals surface area contributed by atoms with Gasteiger partial charge >= 0.3 is 39.5 Å². The Morgan fingerprint density at radius 3 is 0.849 bits per heavy atom. The van der Waals surface area contributed by atoms with Crippen LogP contribution in [0.5, 0.6) is 0 Å². The maximum Gasteiger partial charge on any atom is 0.472 e. The van der Waals surface area contributed by atoms with E-state index in [1.165, 1.54) is 89.9 Å². The summed E-state index contributed by atoms with van der Waals surface area (Å²) in [6, 6.07) is 0. The van der Waals surface area contributed by atoms with Crippen molar-refractivity contribution in [1.29, 1.82) is 0 Å².